The third kappa shape index (κ3) is 1.87. The standard InChI is InChI=1S/C8H15NS2/c1-3-8(7-9-4-1)10-5-2-6-11-8/h9H,1-7H2. The Kier molecular flexibility index (Phi) is 2.69. The Hall–Kier alpha value is 0.660. The highest BCUT2D eigenvalue weighted by atomic mass is 32.2. The van der Waals surface area contributed by atoms with Gasteiger partial charge in [-0.2, -0.15) is 0 Å². The second-order valence-electron chi connectivity index (χ2n) is 3.24. The number of hydrogen-bond acceptors (Lipinski definition) is 3. The Morgan fingerprint density at radius 3 is 2.55 bits per heavy atom. The number of hydrogen-bond donors (Lipinski definition) is 1. The molecule has 0 unspecified atom stereocenters. The highest BCUT2D eigenvalue weighted by Crippen LogP contribution is 2.45. The first-order chi connectivity index (χ1) is 5.41. The Labute approximate surface area is 77.1 Å². The van der Waals surface area contributed by atoms with Gasteiger partial charge in [-0.3, -0.25) is 0 Å². The van der Waals surface area contributed by atoms with Crippen molar-refractivity contribution < 1.29 is 0 Å². The quantitative estimate of drug-likeness (QED) is 0.625. The molecule has 3 heteroatoms. The Morgan fingerprint density at radius 1 is 1.09 bits per heavy atom. The molecule has 11 heavy (non-hydrogen) atoms. The lowest BCUT2D eigenvalue weighted by molar-refractivity contribution is 0.505. The maximum atomic E-state index is 3.50. The molecule has 0 radical (unpaired) electrons. The van der Waals surface area contributed by atoms with Crippen molar-refractivity contribution in [3.63, 3.8) is 0 Å². The van der Waals surface area contributed by atoms with Crippen LogP contribution in [0.5, 0.6) is 0 Å². The lowest BCUT2D eigenvalue weighted by atomic mass is 10.1. The van der Waals surface area contributed by atoms with Crippen molar-refractivity contribution >= 4 is 23.5 Å². The zero-order chi connectivity index (χ0) is 7.57. The number of thioether (sulfide) groups is 2. The second-order valence-corrected chi connectivity index (χ2v) is 6.46. The molecule has 0 amide bonds. The Morgan fingerprint density at radius 2 is 1.91 bits per heavy atom. The van der Waals surface area contributed by atoms with Gasteiger partial charge in [0.15, 0.2) is 0 Å². The fourth-order valence-electron chi connectivity index (χ4n) is 1.71. The molecule has 2 heterocycles. The van der Waals surface area contributed by atoms with Gasteiger partial charge in [0.1, 0.15) is 0 Å². The van der Waals surface area contributed by atoms with E-state index in [1.807, 2.05) is 0 Å². The maximum absolute atomic E-state index is 3.50. The van der Waals surface area contributed by atoms with Crippen LogP contribution < -0.4 is 5.32 Å². The molecule has 0 atom stereocenters. The summed E-state index contributed by atoms with van der Waals surface area (Å²) in [7, 11) is 0. The summed E-state index contributed by atoms with van der Waals surface area (Å²) in [6.45, 7) is 2.48. The first-order valence-corrected chi connectivity index (χ1v) is 6.37. The van der Waals surface area contributed by atoms with Crippen LogP contribution >= 0.6 is 23.5 Å². The monoisotopic (exact) mass is 189 g/mol. The van der Waals surface area contributed by atoms with Crippen molar-refractivity contribution in [1.29, 1.82) is 0 Å². The molecule has 0 aromatic heterocycles. The van der Waals surface area contributed by atoms with Gasteiger partial charge in [-0.1, -0.05) is 0 Å². The minimum atomic E-state index is 0.580. The van der Waals surface area contributed by atoms with E-state index in [1.54, 1.807) is 0 Å². The van der Waals surface area contributed by atoms with E-state index in [2.05, 4.69) is 28.8 Å². The zero-order valence-corrected chi connectivity index (χ0v) is 8.40. The summed E-state index contributed by atoms with van der Waals surface area (Å²) in [5.74, 6) is 2.77. The number of rotatable bonds is 0. The van der Waals surface area contributed by atoms with Crippen LogP contribution in [0.2, 0.25) is 0 Å². The highest BCUT2D eigenvalue weighted by molar-refractivity contribution is 8.18. The number of piperidine rings is 1. The SMILES string of the molecule is C1CSC2(CCCNC2)SC1. The highest BCUT2D eigenvalue weighted by Gasteiger charge is 2.34. The van der Waals surface area contributed by atoms with E-state index < -0.39 is 0 Å². The Balaban J connectivity index is 1.94. The molecule has 2 saturated heterocycles. The van der Waals surface area contributed by atoms with E-state index in [0.717, 1.165) is 0 Å². The van der Waals surface area contributed by atoms with Gasteiger partial charge in [0.2, 0.25) is 0 Å². The van der Waals surface area contributed by atoms with Crippen LogP contribution in [0.25, 0.3) is 0 Å². The van der Waals surface area contributed by atoms with E-state index in [4.69, 9.17) is 0 Å². The van der Waals surface area contributed by atoms with Gasteiger partial charge in [0, 0.05) is 6.54 Å². The molecule has 0 aromatic carbocycles. The molecule has 2 aliphatic heterocycles. The maximum Gasteiger partial charge on any atom is 0.0735 e. The molecule has 1 nitrogen and oxygen atoms in total. The van der Waals surface area contributed by atoms with Crippen molar-refractivity contribution in [2.75, 3.05) is 24.6 Å². The van der Waals surface area contributed by atoms with Crippen LogP contribution in [0.15, 0.2) is 0 Å². The van der Waals surface area contributed by atoms with Crippen LogP contribution in [0.4, 0.5) is 0 Å². The smallest absolute Gasteiger partial charge is 0.0735 e. The summed E-state index contributed by atoms with van der Waals surface area (Å²) in [5.41, 5.74) is 0. The van der Waals surface area contributed by atoms with Crippen LogP contribution in [0, 0.1) is 0 Å². The summed E-state index contributed by atoms with van der Waals surface area (Å²) in [6.07, 6.45) is 4.21. The lowest BCUT2D eigenvalue weighted by Gasteiger charge is -2.39. The summed E-state index contributed by atoms with van der Waals surface area (Å²) in [4.78, 5) is 0. The summed E-state index contributed by atoms with van der Waals surface area (Å²) in [5, 5.41) is 3.50. The van der Waals surface area contributed by atoms with Gasteiger partial charge in [-0.05, 0) is 37.3 Å². The summed E-state index contributed by atoms with van der Waals surface area (Å²) in [6, 6.07) is 0. The fourth-order valence-corrected chi connectivity index (χ4v) is 5.04. The fraction of sp³-hybridized carbons (Fsp3) is 1.00. The zero-order valence-electron chi connectivity index (χ0n) is 6.77. The van der Waals surface area contributed by atoms with Gasteiger partial charge in [-0.25, -0.2) is 0 Å². The van der Waals surface area contributed by atoms with Crippen LogP contribution in [0.3, 0.4) is 0 Å². The molecular weight excluding hydrogens is 174 g/mol. The van der Waals surface area contributed by atoms with Gasteiger partial charge >= 0.3 is 0 Å². The Bertz CT molecular complexity index is 107. The van der Waals surface area contributed by atoms with Crippen molar-refractivity contribution in [3.8, 4) is 0 Å². The van der Waals surface area contributed by atoms with E-state index in [0.29, 0.717) is 4.08 Å². The van der Waals surface area contributed by atoms with Crippen molar-refractivity contribution in [1.82, 2.24) is 5.32 Å². The first-order valence-electron chi connectivity index (χ1n) is 4.40. The molecule has 0 aromatic rings. The van der Waals surface area contributed by atoms with Gasteiger partial charge in [0.25, 0.3) is 0 Å². The van der Waals surface area contributed by atoms with Crippen molar-refractivity contribution in [3.05, 3.63) is 0 Å². The average molecular weight is 189 g/mol. The molecule has 64 valence electrons. The van der Waals surface area contributed by atoms with E-state index in [9.17, 15) is 0 Å². The van der Waals surface area contributed by atoms with Crippen molar-refractivity contribution in [2.24, 2.45) is 0 Å². The predicted molar refractivity (Wildman–Crippen MR) is 54.4 cm³/mol. The van der Waals surface area contributed by atoms with Gasteiger partial charge in [0.05, 0.1) is 4.08 Å². The third-order valence-corrected chi connectivity index (χ3v) is 5.77. The molecule has 0 aliphatic carbocycles. The van der Waals surface area contributed by atoms with Gasteiger partial charge < -0.3 is 5.32 Å². The van der Waals surface area contributed by atoms with Crippen LogP contribution in [-0.4, -0.2) is 28.7 Å². The van der Waals surface area contributed by atoms with Gasteiger partial charge in [-0.15, -0.1) is 23.5 Å². The van der Waals surface area contributed by atoms with E-state index in [-0.39, 0.29) is 0 Å². The topological polar surface area (TPSA) is 12.0 Å². The summed E-state index contributed by atoms with van der Waals surface area (Å²) >= 11 is 4.37. The van der Waals surface area contributed by atoms with Crippen LogP contribution in [-0.2, 0) is 0 Å². The molecule has 2 aliphatic rings. The molecular formula is C8H15NS2. The summed E-state index contributed by atoms with van der Waals surface area (Å²) < 4.78 is 0.580. The first kappa shape index (κ1) is 8.27. The van der Waals surface area contributed by atoms with Crippen molar-refractivity contribution in [2.45, 2.75) is 23.3 Å². The average Bonchev–Trinajstić information content (AvgIpc) is 2.07. The normalized spacial score (nSPS) is 30.5. The molecule has 0 saturated carbocycles. The molecule has 2 fully saturated rings. The number of nitrogens with one attached hydrogen (secondary N) is 1. The predicted octanol–water partition coefficient (Wildman–Crippen LogP) is 1.94. The second kappa shape index (κ2) is 3.58. The third-order valence-electron chi connectivity index (χ3n) is 2.32. The molecule has 2 rings (SSSR count). The minimum Gasteiger partial charge on any atom is -0.315 e. The van der Waals surface area contributed by atoms with E-state index in [1.165, 1.54) is 43.9 Å². The van der Waals surface area contributed by atoms with Crippen LogP contribution in [0.1, 0.15) is 19.3 Å². The van der Waals surface area contributed by atoms with E-state index >= 15 is 0 Å². The lowest BCUT2D eigenvalue weighted by Crippen LogP contribution is -2.42. The largest absolute Gasteiger partial charge is 0.315 e. The minimum absolute atomic E-state index is 0.580. The molecule has 1 spiro atoms. The molecule has 1 N–H and O–H groups in total. The molecule has 0 bridgehead atoms.